The van der Waals surface area contributed by atoms with Crippen LogP contribution in [0.25, 0.3) is 11.0 Å². The third kappa shape index (κ3) is 6.93. The Morgan fingerprint density at radius 1 is 0.917 bits per heavy atom. The van der Waals surface area contributed by atoms with Crippen molar-refractivity contribution in [1.29, 1.82) is 0 Å². The number of hydrogen-bond donors (Lipinski definition) is 0. The van der Waals surface area contributed by atoms with Gasteiger partial charge in [0.1, 0.15) is 11.3 Å². The van der Waals surface area contributed by atoms with Crippen molar-refractivity contribution < 1.29 is 31.6 Å². The minimum atomic E-state index is -4.14. The third-order valence-corrected chi connectivity index (χ3v) is 10.4. The molecule has 5 rings (SSSR count). The molecule has 48 heavy (non-hydrogen) atoms. The van der Waals surface area contributed by atoms with E-state index in [1.54, 1.807) is 74.2 Å². The van der Waals surface area contributed by atoms with Crippen LogP contribution in [0.4, 0.5) is 11.4 Å². The molecule has 0 unspecified atom stereocenters. The third-order valence-electron chi connectivity index (χ3n) is 8.17. The second-order valence-electron chi connectivity index (χ2n) is 11.2. The van der Waals surface area contributed by atoms with Gasteiger partial charge in [0, 0.05) is 43.3 Å². The molecule has 12 heteroatoms. The number of esters is 1. The fourth-order valence-electron chi connectivity index (χ4n) is 5.51. The number of hydrogen-bond acceptors (Lipinski definition) is 8. The second kappa shape index (κ2) is 14.6. The minimum absolute atomic E-state index is 0.0245. The van der Waals surface area contributed by atoms with E-state index in [0.29, 0.717) is 50.7 Å². The molecule has 3 aromatic carbocycles. The van der Waals surface area contributed by atoms with Crippen LogP contribution in [0.2, 0.25) is 5.02 Å². The van der Waals surface area contributed by atoms with Crippen molar-refractivity contribution in [3.63, 3.8) is 0 Å². The van der Waals surface area contributed by atoms with Crippen molar-refractivity contribution >= 4 is 55.8 Å². The second-order valence-corrected chi connectivity index (χ2v) is 13.4. The molecule has 0 atom stereocenters. The Morgan fingerprint density at radius 3 is 2.35 bits per heavy atom. The van der Waals surface area contributed by atoms with E-state index in [1.165, 1.54) is 22.7 Å². The zero-order valence-corrected chi connectivity index (χ0v) is 29.1. The summed E-state index contributed by atoms with van der Waals surface area (Å²) in [5.74, 6) is -0.351. The van der Waals surface area contributed by atoms with Gasteiger partial charge in [0.05, 0.1) is 40.6 Å². The van der Waals surface area contributed by atoms with Gasteiger partial charge in [-0.25, -0.2) is 13.2 Å². The monoisotopic (exact) mass is 691 g/mol. The molecule has 0 saturated heterocycles. The molecule has 0 aliphatic rings. The number of anilines is 2. The maximum Gasteiger partial charge on any atom is 0.374 e. The highest BCUT2D eigenvalue weighted by atomic mass is 35.5. The number of sulfonamides is 1. The maximum atomic E-state index is 14.4. The first-order chi connectivity index (χ1) is 23.0. The Kier molecular flexibility index (Phi) is 10.5. The van der Waals surface area contributed by atoms with Crippen LogP contribution in [0.1, 0.15) is 58.6 Å². The zero-order chi connectivity index (χ0) is 34.6. The number of halogens is 1. The molecule has 2 aromatic heterocycles. The quantitative estimate of drug-likeness (QED) is 0.116. The number of fused-ring (bicyclic) bond motifs is 1. The first-order valence-corrected chi connectivity index (χ1v) is 17.4. The molecule has 0 bridgehead atoms. The molecule has 0 aliphatic carbocycles. The van der Waals surface area contributed by atoms with Crippen LogP contribution in [0.3, 0.4) is 0 Å². The van der Waals surface area contributed by atoms with Gasteiger partial charge in [0.25, 0.3) is 15.9 Å². The lowest BCUT2D eigenvalue weighted by atomic mass is 10.1. The predicted molar refractivity (Wildman–Crippen MR) is 186 cm³/mol. The van der Waals surface area contributed by atoms with Crippen LogP contribution >= 0.6 is 11.6 Å². The predicted octanol–water partition coefficient (Wildman–Crippen LogP) is 7.68. The number of nitrogens with zero attached hydrogens (tertiary/aromatic N) is 3. The molecule has 0 saturated carbocycles. The van der Waals surface area contributed by atoms with E-state index in [9.17, 15) is 18.0 Å². The SMILES string of the molecule is CCOC(=O)c1oc2ccc(S(=O)(=O)N(CC)c3ccc(N(C)CC)cc3CN(Cc3ccco3)C(=O)c3ccccc3Cl)cc2c1C. The highest BCUT2D eigenvalue weighted by molar-refractivity contribution is 7.92. The van der Waals surface area contributed by atoms with E-state index >= 15 is 0 Å². The molecule has 10 nitrogen and oxygen atoms in total. The molecule has 252 valence electrons. The number of furan rings is 2. The van der Waals surface area contributed by atoms with Crippen molar-refractivity contribution in [2.45, 2.75) is 45.7 Å². The molecule has 0 fully saturated rings. The van der Waals surface area contributed by atoms with Gasteiger partial charge in [-0.05, 0) is 93.9 Å². The van der Waals surface area contributed by atoms with E-state index in [1.807, 2.05) is 31.0 Å². The van der Waals surface area contributed by atoms with Crippen LogP contribution in [-0.4, -0.2) is 51.9 Å². The van der Waals surface area contributed by atoms with E-state index in [0.717, 1.165) is 5.69 Å². The Morgan fingerprint density at radius 2 is 1.69 bits per heavy atom. The van der Waals surface area contributed by atoms with Crippen molar-refractivity contribution in [2.24, 2.45) is 0 Å². The smallest absolute Gasteiger partial charge is 0.374 e. The van der Waals surface area contributed by atoms with Crippen molar-refractivity contribution in [3.05, 3.63) is 112 Å². The summed E-state index contributed by atoms with van der Waals surface area (Å²) >= 11 is 6.45. The zero-order valence-electron chi connectivity index (χ0n) is 27.5. The lowest BCUT2D eigenvalue weighted by Gasteiger charge is -2.30. The van der Waals surface area contributed by atoms with E-state index in [4.69, 9.17) is 25.2 Å². The number of rotatable bonds is 13. The van der Waals surface area contributed by atoms with Gasteiger partial charge in [-0.2, -0.15) is 0 Å². The topological polar surface area (TPSA) is 114 Å². The van der Waals surface area contributed by atoms with E-state index in [2.05, 4.69) is 0 Å². The van der Waals surface area contributed by atoms with Crippen LogP contribution < -0.4 is 9.21 Å². The van der Waals surface area contributed by atoms with Crippen molar-refractivity contribution in [3.8, 4) is 0 Å². The number of benzene rings is 3. The molecular weight excluding hydrogens is 654 g/mol. The summed E-state index contributed by atoms with van der Waals surface area (Å²) in [6.07, 6.45) is 1.54. The first kappa shape index (κ1) is 34.6. The minimum Gasteiger partial charge on any atom is -0.467 e. The molecule has 0 spiro atoms. The number of carbonyl (C=O) groups is 2. The van der Waals surface area contributed by atoms with Gasteiger partial charge in [0.2, 0.25) is 5.76 Å². The molecule has 5 aromatic rings. The van der Waals surface area contributed by atoms with Crippen LogP contribution in [0.15, 0.2) is 92.8 Å². The summed E-state index contributed by atoms with van der Waals surface area (Å²) < 4.78 is 46.6. The average Bonchev–Trinajstić information content (AvgIpc) is 3.72. The number of aryl methyl sites for hydroxylation is 1. The number of carbonyl (C=O) groups excluding carboxylic acids is 2. The Labute approximate surface area is 285 Å². The highest BCUT2D eigenvalue weighted by Crippen LogP contribution is 2.35. The summed E-state index contributed by atoms with van der Waals surface area (Å²) in [5, 5.41) is 0.797. The highest BCUT2D eigenvalue weighted by Gasteiger charge is 2.29. The fourth-order valence-corrected chi connectivity index (χ4v) is 7.27. The summed E-state index contributed by atoms with van der Waals surface area (Å²) in [6.45, 7) is 8.33. The van der Waals surface area contributed by atoms with Gasteiger partial charge in [-0.15, -0.1) is 0 Å². The summed E-state index contributed by atoms with van der Waals surface area (Å²) in [7, 11) is -2.20. The van der Waals surface area contributed by atoms with E-state index < -0.39 is 16.0 Å². The normalized spacial score (nSPS) is 11.5. The Hall–Kier alpha value is -4.74. The summed E-state index contributed by atoms with van der Waals surface area (Å²) in [6, 6.07) is 20.4. The largest absolute Gasteiger partial charge is 0.467 e. The van der Waals surface area contributed by atoms with Crippen molar-refractivity contribution in [1.82, 2.24) is 4.90 Å². The van der Waals surface area contributed by atoms with Crippen LogP contribution in [-0.2, 0) is 27.8 Å². The molecule has 0 N–H and O–H groups in total. The molecule has 2 heterocycles. The summed E-state index contributed by atoms with van der Waals surface area (Å²) in [4.78, 5) is 30.1. The van der Waals surface area contributed by atoms with E-state index in [-0.39, 0.29) is 42.8 Å². The van der Waals surface area contributed by atoms with Crippen molar-refractivity contribution in [2.75, 3.05) is 35.9 Å². The first-order valence-electron chi connectivity index (χ1n) is 15.6. The summed E-state index contributed by atoms with van der Waals surface area (Å²) in [5.41, 5.74) is 3.06. The van der Waals surface area contributed by atoms with Gasteiger partial charge in [0.15, 0.2) is 0 Å². The number of amides is 1. The molecular formula is C36H38ClN3O7S. The molecule has 1 amide bonds. The number of ether oxygens (including phenoxy) is 1. The maximum absolute atomic E-state index is 14.4. The van der Waals surface area contributed by atoms with Crippen LogP contribution in [0.5, 0.6) is 0 Å². The average molecular weight is 692 g/mol. The van der Waals surface area contributed by atoms with Gasteiger partial charge < -0.3 is 23.4 Å². The standard InChI is InChI=1S/C36H38ClN3O7S/c1-6-38(5)26-15-17-32(25(20-26)22-39(23-27-12-11-19-46-27)35(41)29-13-9-10-14-31(29)37)40(7-2)48(43,44)28-16-18-33-30(21-28)24(4)34(47-33)36(42)45-8-3/h9-21H,6-8,22-23H2,1-5H3. The fraction of sp³-hybridized carbons (Fsp3) is 0.278. The van der Waals surface area contributed by atoms with Crippen LogP contribution in [0, 0.1) is 6.92 Å². The van der Waals surface area contributed by atoms with Gasteiger partial charge >= 0.3 is 5.97 Å². The molecule has 0 radical (unpaired) electrons. The van der Waals surface area contributed by atoms with Gasteiger partial charge in [-0.3, -0.25) is 9.10 Å². The Bertz CT molecular complexity index is 2040. The van der Waals surface area contributed by atoms with Gasteiger partial charge in [-0.1, -0.05) is 23.7 Å². The molecule has 0 aliphatic heterocycles. The lowest BCUT2D eigenvalue weighted by Crippen LogP contribution is -2.34. The lowest BCUT2D eigenvalue weighted by molar-refractivity contribution is 0.0491. The Balaban J connectivity index is 1.60.